The summed E-state index contributed by atoms with van der Waals surface area (Å²) in [6.45, 7) is 8.97. The first kappa shape index (κ1) is 15.3. The monoisotopic (exact) mass is 269 g/mol. The summed E-state index contributed by atoms with van der Waals surface area (Å²) in [5, 5.41) is 0.702. The van der Waals surface area contributed by atoms with Crippen molar-refractivity contribution in [1.82, 2.24) is 4.98 Å². The number of hydrogen-bond donors (Lipinski definition) is 1. The molecule has 102 valence electrons. The molecule has 1 aromatic rings. The van der Waals surface area contributed by atoms with Crippen molar-refractivity contribution in [3.8, 4) is 0 Å². The molecule has 0 radical (unpaired) electrons. The highest BCUT2D eigenvalue weighted by Crippen LogP contribution is 2.27. The Hall–Kier alpha value is -0.800. The fraction of sp³-hybridized carbons (Fsp3) is 0.643. The molecule has 2 N–H and O–H groups in total. The van der Waals surface area contributed by atoms with Gasteiger partial charge in [0, 0.05) is 25.8 Å². The predicted molar refractivity (Wildman–Crippen MR) is 79.1 cm³/mol. The van der Waals surface area contributed by atoms with Crippen LogP contribution in [0.3, 0.4) is 0 Å². The van der Waals surface area contributed by atoms with Crippen molar-refractivity contribution in [3.63, 3.8) is 0 Å². The number of anilines is 1. The molecule has 0 aromatic carbocycles. The number of pyridine rings is 1. The molecule has 1 heterocycles. The maximum atomic E-state index is 6.37. The van der Waals surface area contributed by atoms with Crippen LogP contribution in [0.2, 0.25) is 5.02 Å². The molecule has 0 bridgehead atoms. The second-order valence-electron chi connectivity index (χ2n) is 4.53. The minimum atomic E-state index is 0.455. The summed E-state index contributed by atoms with van der Waals surface area (Å²) in [6.07, 6.45) is 4.15. The van der Waals surface area contributed by atoms with Gasteiger partial charge in [-0.05, 0) is 24.5 Å². The third-order valence-electron chi connectivity index (χ3n) is 3.49. The topological polar surface area (TPSA) is 42.2 Å². The molecule has 1 rings (SSSR count). The molecule has 1 aromatic heterocycles. The van der Waals surface area contributed by atoms with Gasteiger partial charge in [0.15, 0.2) is 0 Å². The van der Waals surface area contributed by atoms with E-state index in [1.807, 2.05) is 6.07 Å². The molecular weight excluding hydrogens is 246 g/mol. The van der Waals surface area contributed by atoms with Gasteiger partial charge in [-0.25, -0.2) is 4.98 Å². The van der Waals surface area contributed by atoms with Crippen molar-refractivity contribution in [3.05, 3.63) is 22.8 Å². The number of nitrogens with two attached hydrogens (primary N) is 1. The molecule has 3 nitrogen and oxygen atoms in total. The van der Waals surface area contributed by atoms with Gasteiger partial charge in [-0.1, -0.05) is 38.3 Å². The lowest BCUT2D eigenvalue weighted by molar-refractivity contribution is 0.484. The Morgan fingerprint density at radius 3 is 2.50 bits per heavy atom. The number of hydrogen-bond acceptors (Lipinski definition) is 3. The van der Waals surface area contributed by atoms with Gasteiger partial charge in [0.25, 0.3) is 0 Å². The Kier molecular flexibility index (Phi) is 6.44. The summed E-state index contributed by atoms with van der Waals surface area (Å²) in [7, 11) is 0. The zero-order valence-corrected chi connectivity index (χ0v) is 12.4. The van der Waals surface area contributed by atoms with E-state index in [-0.39, 0.29) is 0 Å². The summed E-state index contributed by atoms with van der Waals surface area (Å²) in [4.78, 5) is 6.67. The van der Waals surface area contributed by atoms with Crippen LogP contribution in [0.4, 0.5) is 5.82 Å². The lowest BCUT2D eigenvalue weighted by Crippen LogP contribution is -2.30. The molecule has 0 unspecified atom stereocenters. The van der Waals surface area contributed by atoms with Crippen LogP contribution < -0.4 is 10.6 Å². The van der Waals surface area contributed by atoms with Crippen LogP contribution in [-0.4, -0.2) is 18.1 Å². The zero-order chi connectivity index (χ0) is 13.5. The van der Waals surface area contributed by atoms with Gasteiger partial charge in [-0.3, -0.25) is 0 Å². The van der Waals surface area contributed by atoms with E-state index < -0.39 is 0 Å². The van der Waals surface area contributed by atoms with E-state index in [9.17, 15) is 0 Å². The molecule has 0 aliphatic rings. The third-order valence-corrected chi connectivity index (χ3v) is 3.90. The van der Waals surface area contributed by atoms with Crippen LogP contribution in [0.25, 0.3) is 0 Å². The van der Waals surface area contributed by atoms with Crippen LogP contribution in [0.5, 0.6) is 0 Å². The summed E-state index contributed by atoms with van der Waals surface area (Å²) >= 11 is 6.37. The highest BCUT2D eigenvalue weighted by Gasteiger charge is 2.16. The summed E-state index contributed by atoms with van der Waals surface area (Å²) in [5.74, 6) is 1.55. The standard InChI is InChI=1S/C14H24ClN3/c1-4-11(5-2)10-18(6-3)14-13(15)12(9-16)7-8-17-14/h7-8,11H,4-6,9-10,16H2,1-3H3. The minimum absolute atomic E-state index is 0.455. The summed E-state index contributed by atoms with van der Waals surface area (Å²) in [5.41, 5.74) is 6.65. The van der Waals surface area contributed by atoms with Crippen LogP contribution in [0, 0.1) is 5.92 Å². The number of halogens is 1. The normalized spacial score (nSPS) is 11.0. The van der Waals surface area contributed by atoms with Crippen molar-refractivity contribution < 1.29 is 0 Å². The summed E-state index contributed by atoms with van der Waals surface area (Å²) in [6, 6.07) is 1.89. The first-order chi connectivity index (χ1) is 8.67. The third kappa shape index (κ3) is 3.59. The van der Waals surface area contributed by atoms with Crippen molar-refractivity contribution >= 4 is 17.4 Å². The van der Waals surface area contributed by atoms with Gasteiger partial charge in [0.05, 0.1) is 5.02 Å². The molecular formula is C14H24ClN3. The molecule has 0 amide bonds. The molecule has 0 saturated heterocycles. The number of nitrogens with zero attached hydrogens (tertiary/aromatic N) is 2. The van der Waals surface area contributed by atoms with Gasteiger partial charge < -0.3 is 10.6 Å². The molecule has 0 aliphatic heterocycles. The Morgan fingerprint density at radius 2 is 2.00 bits per heavy atom. The van der Waals surface area contributed by atoms with Crippen molar-refractivity contribution in [2.24, 2.45) is 11.7 Å². The fourth-order valence-corrected chi connectivity index (χ4v) is 2.38. The highest BCUT2D eigenvalue weighted by atomic mass is 35.5. The Labute approximate surface area is 115 Å². The van der Waals surface area contributed by atoms with E-state index in [0.717, 1.165) is 24.5 Å². The van der Waals surface area contributed by atoms with Crippen molar-refractivity contribution in [2.45, 2.75) is 40.2 Å². The minimum Gasteiger partial charge on any atom is -0.355 e. The molecule has 18 heavy (non-hydrogen) atoms. The molecule has 0 atom stereocenters. The zero-order valence-electron chi connectivity index (χ0n) is 11.6. The number of rotatable bonds is 7. The van der Waals surface area contributed by atoms with E-state index in [0.29, 0.717) is 17.5 Å². The average molecular weight is 270 g/mol. The van der Waals surface area contributed by atoms with Crippen LogP contribution in [-0.2, 0) is 6.54 Å². The Balaban J connectivity index is 2.94. The molecule has 4 heteroatoms. The smallest absolute Gasteiger partial charge is 0.147 e. The number of aromatic nitrogens is 1. The predicted octanol–water partition coefficient (Wildman–Crippen LogP) is 3.46. The first-order valence-electron chi connectivity index (χ1n) is 6.76. The van der Waals surface area contributed by atoms with Gasteiger partial charge in [-0.2, -0.15) is 0 Å². The fourth-order valence-electron chi connectivity index (χ4n) is 2.07. The molecule has 0 saturated carbocycles. The van der Waals surface area contributed by atoms with Crippen LogP contribution >= 0.6 is 11.6 Å². The van der Waals surface area contributed by atoms with Gasteiger partial charge in [0.2, 0.25) is 0 Å². The van der Waals surface area contributed by atoms with E-state index >= 15 is 0 Å². The van der Waals surface area contributed by atoms with Gasteiger partial charge in [0.1, 0.15) is 5.82 Å². The van der Waals surface area contributed by atoms with Crippen molar-refractivity contribution in [1.29, 1.82) is 0 Å². The van der Waals surface area contributed by atoms with Crippen molar-refractivity contribution in [2.75, 3.05) is 18.0 Å². The van der Waals surface area contributed by atoms with E-state index in [4.69, 9.17) is 17.3 Å². The maximum absolute atomic E-state index is 6.37. The van der Waals surface area contributed by atoms with Gasteiger partial charge in [-0.15, -0.1) is 0 Å². The largest absolute Gasteiger partial charge is 0.355 e. The molecule has 0 spiro atoms. The van der Waals surface area contributed by atoms with Crippen LogP contribution in [0.1, 0.15) is 39.2 Å². The van der Waals surface area contributed by atoms with Gasteiger partial charge >= 0.3 is 0 Å². The molecule has 0 aliphatic carbocycles. The van der Waals surface area contributed by atoms with Crippen LogP contribution in [0.15, 0.2) is 12.3 Å². The SMILES string of the molecule is CCC(CC)CN(CC)c1nccc(CN)c1Cl. The van der Waals surface area contributed by atoms with E-state index in [1.54, 1.807) is 6.20 Å². The Bertz CT molecular complexity index is 364. The van der Waals surface area contributed by atoms with E-state index in [2.05, 4.69) is 30.7 Å². The van der Waals surface area contributed by atoms with E-state index in [1.165, 1.54) is 12.8 Å². The summed E-state index contributed by atoms with van der Waals surface area (Å²) < 4.78 is 0. The lowest BCUT2D eigenvalue weighted by atomic mass is 10.0. The first-order valence-corrected chi connectivity index (χ1v) is 7.13. The quantitative estimate of drug-likeness (QED) is 0.824. The Morgan fingerprint density at radius 1 is 1.33 bits per heavy atom. The second-order valence-corrected chi connectivity index (χ2v) is 4.91. The second kappa shape index (κ2) is 7.59. The molecule has 0 fully saturated rings. The highest BCUT2D eigenvalue weighted by molar-refractivity contribution is 6.33. The average Bonchev–Trinajstić information content (AvgIpc) is 2.41. The maximum Gasteiger partial charge on any atom is 0.147 e. The lowest BCUT2D eigenvalue weighted by Gasteiger charge is -2.27.